The van der Waals surface area contributed by atoms with Gasteiger partial charge in [0.2, 0.25) is 0 Å². The molecule has 0 radical (unpaired) electrons. The van der Waals surface area contributed by atoms with Gasteiger partial charge in [0.1, 0.15) is 6.54 Å². The highest BCUT2D eigenvalue weighted by Gasteiger charge is 2.11. The first-order chi connectivity index (χ1) is 7.18. The minimum Gasteiger partial charge on any atom is -0.480 e. The number of carboxylic acids is 1. The molecule has 0 aromatic carbocycles. The molecule has 0 aliphatic heterocycles. The number of thiophene rings is 1. The summed E-state index contributed by atoms with van der Waals surface area (Å²) in [4.78, 5) is 22.7. The molecule has 0 atom stereocenters. The average Bonchev–Trinajstić information content (AvgIpc) is 2.76. The lowest BCUT2D eigenvalue weighted by Gasteiger charge is -2.01. The third-order valence-corrected chi connectivity index (χ3v) is 3.51. The standard InChI is InChI=1S/C9H7NO3S2/c11-8(12)4-10-6(5-15-9(10)13)7-2-1-3-14-7/h1-3,5H,4H2,(H,11,12). The van der Waals surface area contributed by atoms with Crippen LogP contribution in [-0.4, -0.2) is 15.6 Å². The molecule has 4 nitrogen and oxygen atoms in total. The van der Waals surface area contributed by atoms with Crippen molar-refractivity contribution in [2.45, 2.75) is 6.54 Å². The molecule has 6 heteroatoms. The zero-order valence-corrected chi connectivity index (χ0v) is 9.18. The molecule has 0 bridgehead atoms. The number of thiazole rings is 1. The maximum atomic E-state index is 11.4. The Morgan fingerprint density at radius 2 is 2.27 bits per heavy atom. The predicted octanol–water partition coefficient (Wildman–Crippen LogP) is 1.72. The van der Waals surface area contributed by atoms with Crippen LogP contribution in [0.3, 0.4) is 0 Å². The van der Waals surface area contributed by atoms with E-state index in [1.807, 2.05) is 17.5 Å². The van der Waals surface area contributed by atoms with Gasteiger partial charge in [-0.25, -0.2) is 0 Å². The van der Waals surface area contributed by atoms with Gasteiger partial charge < -0.3 is 5.11 Å². The minimum atomic E-state index is -1.01. The SMILES string of the molecule is O=C(O)Cn1c(-c2cccs2)csc1=O. The molecule has 0 amide bonds. The molecule has 0 saturated heterocycles. The largest absolute Gasteiger partial charge is 0.480 e. The normalized spacial score (nSPS) is 10.4. The van der Waals surface area contributed by atoms with E-state index in [4.69, 9.17) is 5.11 Å². The monoisotopic (exact) mass is 241 g/mol. The van der Waals surface area contributed by atoms with Crippen LogP contribution in [0.5, 0.6) is 0 Å². The van der Waals surface area contributed by atoms with Crippen molar-refractivity contribution in [3.05, 3.63) is 32.6 Å². The summed E-state index contributed by atoms with van der Waals surface area (Å²) in [5.41, 5.74) is 0.683. The van der Waals surface area contributed by atoms with Crippen LogP contribution in [-0.2, 0) is 11.3 Å². The van der Waals surface area contributed by atoms with Gasteiger partial charge in [-0.15, -0.1) is 11.3 Å². The Hall–Kier alpha value is -1.40. The second kappa shape index (κ2) is 4.00. The van der Waals surface area contributed by atoms with E-state index < -0.39 is 5.97 Å². The molecule has 2 aromatic heterocycles. The number of aliphatic carboxylic acids is 1. The number of nitrogens with zero attached hydrogens (tertiary/aromatic N) is 1. The molecular weight excluding hydrogens is 234 g/mol. The van der Waals surface area contributed by atoms with Gasteiger partial charge in [0.05, 0.1) is 10.6 Å². The van der Waals surface area contributed by atoms with E-state index in [1.165, 1.54) is 15.9 Å². The number of carboxylic acid groups (broad SMARTS) is 1. The van der Waals surface area contributed by atoms with E-state index in [0.29, 0.717) is 5.69 Å². The smallest absolute Gasteiger partial charge is 0.323 e. The van der Waals surface area contributed by atoms with Gasteiger partial charge in [-0.2, -0.15) is 0 Å². The maximum Gasteiger partial charge on any atom is 0.323 e. The predicted molar refractivity (Wildman–Crippen MR) is 59.5 cm³/mol. The highest BCUT2D eigenvalue weighted by Crippen LogP contribution is 2.24. The highest BCUT2D eigenvalue weighted by atomic mass is 32.1. The molecule has 78 valence electrons. The van der Waals surface area contributed by atoms with E-state index in [9.17, 15) is 9.59 Å². The summed E-state index contributed by atoms with van der Waals surface area (Å²) in [5.74, 6) is -1.01. The molecule has 0 aliphatic rings. The second-order valence-corrected chi connectivity index (χ2v) is 4.61. The molecule has 0 spiro atoms. The van der Waals surface area contributed by atoms with Crippen LogP contribution >= 0.6 is 22.7 Å². The Morgan fingerprint density at radius 3 is 2.87 bits per heavy atom. The van der Waals surface area contributed by atoms with Crippen LogP contribution < -0.4 is 4.87 Å². The van der Waals surface area contributed by atoms with Crippen molar-refractivity contribution in [1.82, 2.24) is 4.57 Å². The minimum absolute atomic E-state index is 0.235. The molecule has 2 heterocycles. The molecule has 0 aliphatic carbocycles. The summed E-state index contributed by atoms with van der Waals surface area (Å²) < 4.78 is 1.28. The lowest BCUT2D eigenvalue weighted by atomic mass is 10.4. The Morgan fingerprint density at radius 1 is 1.47 bits per heavy atom. The van der Waals surface area contributed by atoms with Crippen molar-refractivity contribution >= 4 is 28.6 Å². The average molecular weight is 241 g/mol. The second-order valence-electron chi connectivity index (χ2n) is 2.84. The number of rotatable bonds is 3. The number of carbonyl (C=O) groups is 1. The molecule has 15 heavy (non-hydrogen) atoms. The molecule has 2 rings (SSSR count). The van der Waals surface area contributed by atoms with Crippen LogP contribution in [0, 0.1) is 0 Å². The number of hydrogen-bond acceptors (Lipinski definition) is 4. The Balaban J connectivity index is 2.49. The quantitative estimate of drug-likeness (QED) is 0.890. The lowest BCUT2D eigenvalue weighted by molar-refractivity contribution is -0.137. The van der Waals surface area contributed by atoms with E-state index >= 15 is 0 Å². The van der Waals surface area contributed by atoms with Gasteiger partial charge in [-0.1, -0.05) is 17.4 Å². The van der Waals surface area contributed by atoms with E-state index in [0.717, 1.165) is 16.2 Å². The summed E-state index contributed by atoms with van der Waals surface area (Å²) in [6, 6.07) is 3.73. The molecule has 0 saturated carbocycles. The third kappa shape index (κ3) is 2.00. The van der Waals surface area contributed by atoms with Gasteiger partial charge in [0.25, 0.3) is 0 Å². The summed E-state index contributed by atoms with van der Waals surface area (Å²) >= 11 is 2.51. The zero-order chi connectivity index (χ0) is 10.8. The van der Waals surface area contributed by atoms with E-state index in [1.54, 1.807) is 5.38 Å². The van der Waals surface area contributed by atoms with Gasteiger partial charge in [0.15, 0.2) is 0 Å². The molecule has 0 unspecified atom stereocenters. The van der Waals surface area contributed by atoms with Crippen molar-refractivity contribution in [2.75, 3.05) is 0 Å². The first kappa shape index (κ1) is 10.1. The topological polar surface area (TPSA) is 59.3 Å². The van der Waals surface area contributed by atoms with Gasteiger partial charge in [0, 0.05) is 5.38 Å². The number of hydrogen-bond donors (Lipinski definition) is 1. The lowest BCUT2D eigenvalue weighted by Crippen LogP contribution is -2.19. The van der Waals surface area contributed by atoms with Crippen molar-refractivity contribution in [1.29, 1.82) is 0 Å². The fourth-order valence-electron chi connectivity index (χ4n) is 1.23. The number of aromatic nitrogens is 1. The van der Waals surface area contributed by atoms with Gasteiger partial charge in [-0.3, -0.25) is 14.2 Å². The van der Waals surface area contributed by atoms with Gasteiger partial charge in [-0.05, 0) is 11.4 Å². The highest BCUT2D eigenvalue weighted by molar-refractivity contribution is 7.14. The van der Waals surface area contributed by atoms with Gasteiger partial charge >= 0.3 is 10.8 Å². The summed E-state index contributed by atoms with van der Waals surface area (Å²) in [6.45, 7) is -0.282. The van der Waals surface area contributed by atoms with Crippen LogP contribution in [0.1, 0.15) is 0 Å². The molecule has 2 aromatic rings. The van der Waals surface area contributed by atoms with Crippen LogP contribution in [0.2, 0.25) is 0 Å². The Bertz CT molecular complexity index is 524. The fraction of sp³-hybridized carbons (Fsp3) is 0.111. The Labute approximate surface area is 93.0 Å². The van der Waals surface area contributed by atoms with Crippen molar-refractivity contribution in [2.24, 2.45) is 0 Å². The first-order valence-electron chi connectivity index (χ1n) is 4.12. The zero-order valence-electron chi connectivity index (χ0n) is 7.54. The van der Waals surface area contributed by atoms with Crippen LogP contribution in [0.25, 0.3) is 10.6 Å². The van der Waals surface area contributed by atoms with E-state index in [2.05, 4.69) is 0 Å². The summed E-state index contributed by atoms with van der Waals surface area (Å²) in [7, 11) is 0. The molecule has 1 N–H and O–H groups in total. The Kier molecular flexibility index (Phi) is 2.70. The summed E-state index contributed by atoms with van der Waals surface area (Å²) in [5, 5.41) is 12.3. The molecule has 0 fully saturated rings. The van der Waals surface area contributed by atoms with Crippen molar-refractivity contribution in [3.63, 3.8) is 0 Å². The first-order valence-corrected chi connectivity index (χ1v) is 5.88. The maximum absolute atomic E-state index is 11.4. The van der Waals surface area contributed by atoms with Crippen molar-refractivity contribution in [3.8, 4) is 10.6 Å². The summed E-state index contributed by atoms with van der Waals surface area (Å²) in [6.07, 6.45) is 0. The fourth-order valence-corrected chi connectivity index (χ4v) is 2.81. The van der Waals surface area contributed by atoms with Crippen molar-refractivity contribution < 1.29 is 9.90 Å². The van der Waals surface area contributed by atoms with Crippen LogP contribution in [0.4, 0.5) is 0 Å². The van der Waals surface area contributed by atoms with Crippen LogP contribution in [0.15, 0.2) is 27.7 Å². The van der Waals surface area contributed by atoms with E-state index in [-0.39, 0.29) is 11.4 Å². The third-order valence-electron chi connectivity index (χ3n) is 1.85. The molecular formula is C9H7NO3S2.